The maximum Gasteiger partial charge on any atom is 0.453 e. The van der Waals surface area contributed by atoms with Crippen molar-refractivity contribution >= 4 is 23.1 Å². The summed E-state index contributed by atoms with van der Waals surface area (Å²) in [6, 6.07) is 5.41. The van der Waals surface area contributed by atoms with Crippen LogP contribution in [-0.4, -0.2) is 43.8 Å². The van der Waals surface area contributed by atoms with Gasteiger partial charge < -0.3 is 9.64 Å². The molecule has 0 amide bonds. The quantitative estimate of drug-likeness (QED) is 0.194. The lowest BCUT2D eigenvalue weighted by atomic mass is 9.97. The Balaban J connectivity index is 1.45. The monoisotopic (exact) mass is 454 g/mol. The van der Waals surface area contributed by atoms with E-state index in [0.29, 0.717) is 4.52 Å². The van der Waals surface area contributed by atoms with Crippen LogP contribution < -0.4 is 9.64 Å². The minimum Gasteiger partial charge on any atom is -0.419 e. The molecule has 0 N–H and O–H groups in total. The highest BCUT2D eigenvalue weighted by Crippen LogP contribution is 2.31. The summed E-state index contributed by atoms with van der Waals surface area (Å²) in [5.41, 5.74) is -0.597. The Morgan fingerprint density at radius 2 is 1.88 bits per heavy atom. The fourth-order valence-corrected chi connectivity index (χ4v) is 3.38. The van der Waals surface area contributed by atoms with E-state index < -0.39 is 46.1 Å². The van der Waals surface area contributed by atoms with Crippen molar-refractivity contribution in [1.82, 2.24) is 19.8 Å². The molecule has 1 fully saturated rings. The van der Waals surface area contributed by atoms with Crippen molar-refractivity contribution in [2.75, 3.05) is 18.0 Å². The van der Waals surface area contributed by atoms with E-state index in [-0.39, 0.29) is 37.4 Å². The van der Waals surface area contributed by atoms with E-state index in [1.54, 1.807) is 4.90 Å². The molecule has 1 aliphatic rings. The Labute approximate surface area is 176 Å². The molecule has 3 aromatic rings. The highest BCUT2D eigenvalue weighted by atomic mass is 19.4. The lowest BCUT2D eigenvalue weighted by Crippen LogP contribution is -2.38. The Kier molecular flexibility index (Phi) is 5.36. The minimum atomic E-state index is -4.72. The first-order valence-corrected chi connectivity index (χ1v) is 9.34. The summed E-state index contributed by atoms with van der Waals surface area (Å²) in [7, 11) is 0. The zero-order chi connectivity index (χ0) is 23.0. The average Bonchev–Trinajstić information content (AvgIpc) is 3.17. The zero-order valence-electron chi connectivity index (χ0n) is 16.1. The number of carbonyl (C=O) groups is 1. The summed E-state index contributed by atoms with van der Waals surface area (Å²) >= 11 is 0. The Morgan fingerprint density at radius 3 is 2.53 bits per heavy atom. The van der Waals surface area contributed by atoms with Crippen molar-refractivity contribution in [3.05, 3.63) is 52.1 Å². The third-order valence-electron chi connectivity index (χ3n) is 4.98. The van der Waals surface area contributed by atoms with Crippen molar-refractivity contribution in [3.63, 3.8) is 0 Å². The number of hydrogen-bond acceptors (Lipinski definition) is 8. The number of nitrogens with zero attached hydrogens (tertiary/aromatic N) is 6. The molecule has 32 heavy (non-hydrogen) atoms. The number of piperidine rings is 1. The predicted octanol–water partition coefficient (Wildman–Crippen LogP) is 3.01. The summed E-state index contributed by atoms with van der Waals surface area (Å²) in [5, 5.41) is 21.6. The summed E-state index contributed by atoms with van der Waals surface area (Å²) in [6.07, 6.45) is -4.20. The van der Waals surface area contributed by atoms with Gasteiger partial charge in [0.2, 0.25) is 5.75 Å². The summed E-state index contributed by atoms with van der Waals surface area (Å²) in [4.78, 5) is 24.4. The van der Waals surface area contributed by atoms with E-state index in [1.165, 1.54) is 12.1 Å². The van der Waals surface area contributed by atoms with E-state index in [1.807, 2.05) is 0 Å². The number of ether oxygens (including phenoxy) is 1. The summed E-state index contributed by atoms with van der Waals surface area (Å²) in [5.74, 6) is -3.65. The molecule has 0 atom stereocenters. The van der Waals surface area contributed by atoms with Gasteiger partial charge in [-0.2, -0.15) is 17.7 Å². The minimum absolute atomic E-state index is 0.0590. The molecule has 168 valence electrons. The van der Waals surface area contributed by atoms with Gasteiger partial charge in [-0.1, -0.05) is 0 Å². The second-order valence-electron chi connectivity index (χ2n) is 7.03. The first-order valence-electron chi connectivity index (χ1n) is 9.34. The zero-order valence-corrected chi connectivity index (χ0v) is 16.1. The number of fused-ring (bicyclic) bond motifs is 1. The van der Waals surface area contributed by atoms with Gasteiger partial charge >= 0.3 is 17.8 Å². The first-order chi connectivity index (χ1) is 15.1. The number of halogens is 4. The van der Waals surface area contributed by atoms with Crippen LogP contribution in [0.1, 0.15) is 18.7 Å². The molecule has 3 heterocycles. The van der Waals surface area contributed by atoms with Crippen molar-refractivity contribution < 1.29 is 32.0 Å². The molecule has 1 aromatic carbocycles. The molecule has 1 saturated heterocycles. The number of carbonyl (C=O) groups excluding carboxylic acids is 1. The van der Waals surface area contributed by atoms with Crippen molar-refractivity contribution in [1.29, 1.82) is 0 Å². The fourth-order valence-electron chi connectivity index (χ4n) is 3.38. The van der Waals surface area contributed by atoms with Crippen molar-refractivity contribution in [2.45, 2.75) is 19.0 Å². The lowest BCUT2D eigenvalue weighted by Gasteiger charge is -2.31. The van der Waals surface area contributed by atoms with Crippen LogP contribution in [0.25, 0.3) is 5.65 Å². The number of alkyl halides is 3. The van der Waals surface area contributed by atoms with Crippen LogP contribution in [0, 0.1) is 21.8 Å². The molecule has 10 nitrogen and oxygen atoms in total. The van der Waals surface area contributed by atoms with Crippen LogP contribution in [0.4, 0.5) is 29.1 Å². The second kappa shape index (κ2) is 8.01. The standard InChI is InChI=1S/C18H14F4N6O4/c19-11-1-2-12(28(30)31)13(9-11)32-16(29)10-5-7-26(8-6-10)15-4-3-14-23-24-17(18(20,21)22)27(14)25-15/h1-4,9-10H,5-8H2. The molecular weight excluding hydrogens is 440 g/mol. The molecule has 1 aliphatic heterocycles. The Bertz CT molecular complexity index is 1190. The van der Waals surface area contributed by atoms with Crippen LogP contribution in [-0.2, 0) is 11.0 Å². The summed E-state index contributed by atoms with van der Waals surface area (Å²) < 4.78 is 58.3. The number of rotatable bonds is 4. The smallest absolute Gasteiger partial charge is 0.419 e. The van der Waals surface area contributed by atoms with E-state index in [9.17, 15) is 32.5 Å². The number of nitro benzene ring substituents is 1. The molecule has 0 bridgehead atoms. The lowest BCUT2D eigenvalue weighted by molar-refractivity contribution is -0.385. The number of benzene rings is 1. The van der Waals surface area contributed by atoms with E-state index in [4.69, 9.17) is 4.74 Å². The fraction of sp³-hybridized carbons (Fsp3) is 0.333. The Hall–Kier alpha value is -3.84. The van der Waals surface area contributed by atoms with Crippen LogP contribution in [0.5, 0.6) is 5.75 Å². The number of esters is 1. The highest BCUT2D eigenvalue weighted by Gasteiger charge is 2.38. The van der Waals surface area contributed by atoms with Gasteiger partial charge in [-0.3, -0.25) is 14.9 Å². The van der Waals surface area contributed by atoms with Gasteiger partial charge in [-0.25, -0.2) is 4.39 Å². The first kappa shape index (κ1) is 21.4. The number of anilines is 1. The molecule has 4 rings (SSSR count). The van der Waals surface area contributed by atoms with Gasteiger partial charge in [0.05, 0.1) is 10.8 Å². The third-order valence-corrected chi connectivity index (χ3v) is 4.98. The van der Waals surface area contributed by atoms with Crippen LogP contribution >= 0.6 is 0 Å². The van der Waals surface area contributed by atoms with Gasteiger partial charge in [0.1, 0.15) is 11.6 Å². The third kappa shape index (κ3) is 4.15. The summed E-state index contributed by atoms with van der Waals surface area (Å²) in [6.45, 7) is 0.542. The topological polar surface area (TPSA) is 116 Å². The molecule has 0 unspecified atom stereocenters. The maximum atomic E-state index is 13.4. The molecule has 2 aromatic heterocycles. The van der Waals surface area contributed by atoms with E-state index >= 15 is 0 Å². The van der Waals surface area contributed by atoms with Gasteiger partial charge in [0, 0.05) is 25.2 Å². The molecule has 0 saturated carbocycles. The second-order valence-corrected chi connectivity index (χ2v) is 7.03. The molecule has 0 aliphatic carbocycles. The average molecular weight is 454 g/mol. The SMILES string of the molecule is O=C(Oc1cc(F)ccc1[N+](=O)[O-])C1CCN(c2ccc3nnc(C(F)(F)F)n3n2)CC1. The van der Waals surface area contributed by atoms with Crippen LogP contribution in [0.15, 0.2) is 30.3 Å². The largest absolute Gasteiger partial charge is 0.453 e. The predicted molar refractivity (Wildman–Crippen MR) is 99.4 cm³/mol. The van der Waals surface area contributed by atoms with E-state index in [0.717, 1.165) is 18.2 Å². The van der Waals surface area contributed by atoms with Gasteiger partial charge in [-0.15, -0.1) is 15.3 Å². The molecular formula is C18H14F4N6O4. The van der Waals surface area contributed by atoms with Gasteiger partial charge in [0.15, 0.2) is 5.65 Å². The molecule has 0 radical (unpaired) electrons. The number of nitro groups is 1. The van der Waals surface area contributed by atoms with Crippen molar-refractivity contribution in [3.8, 4) is 5.75 Å². The van der Waals surface area contributed by atoms with Gasteiger partial charge in [0.25, 0.3) is 5.82 Å². The van der Waals surface area contributed by atoms with Crippen LogP contribution in [0.3, 0.4) is 0 Å². The Morgan fingerprint density at radius 1 is 1.16 bits per heavy atom. The number of aromatic nitrogens is 4. The highest BCUT2D eigenvalue weighted by molar-refractivity contribution is 5.76. The normalized spacial score (nSPS) is 15.2. The van der Waals surface area contributed by atoms with Crippen molar-refractivity contribution in [2.24, 2.45) is 5.92 Å². The maximum absolute atomic E-state index is 13.4. The van der Waals surface area contributed by atoms with Crippen LogP contribution in [0.2, 0.25) is 0 Å². The van der Waals surface area contributed by atoms with Gasteiger partial charge in [-0.05, 0) is 31.0 Å². The number of hydrogen-bond donors (Lipinski definition) is 0. The van der Waals surface area contributed by atoms with E-state index in [2.05, 4.69) is 15.3 Å². The molecule has 0 spiro atoms. The molecule has 14 heteroatoms.